The molecule has 0 unspecified atom stereocenters. The molecule has 2 N–H and O–H groups in total. The summed E-state index contributed by atoms with van der Waals surface area (Å²) < 4.78 is 6.19. The van der Waals surface area contributed by atoms with Gasteiger partial charge in [-0.05, 0) is 18.1 Å². The Labute approximate surface area is 108 Å². The molecule has 0 amide bonds. The molecular weight excluding hydrogens is 250 g/mol. The lowest BCUT2D eigenvalue weighted by atomic mass is 10.1. The predicted octanol–water partition coefficient (Wildman–Crippen LogP) is -0.112. The smallest absolute Gasteiger partial charge is 0.344 e. The number of hydrogen-bond acceptors (Lipinski definition) is 5. The molecule has 7 nitrogen and oxygen atoms in total. The first-order chi connectivity index (χ1) is 9.11. The van der Waals surface area contributed by atoms with Gasteiger partial charge in [-0.1, -0.05) is 18.2 Å². The van der Waals surface area contributed by atoms with Crippen LogP contribution in [-0.2, 0) is 13.0 Å². The lowest BCUT2D eigenvalue weighted by Gasteiger charge is -2.08. The molecule has 0 aliphatic heterocycles. The van der Waals surface area contributed by atoms with Gasteiger partial charge in [0, 0.05) is 0 Å². The summed E-state index contributed by atoms with van der Waals surface area (Å²) in [4.78, 5) is 24.4. The van der Waals surface area contributed by atoms with E-state index in [4.69, 9.17) is 4.74 Å². The summed E-state index contributed by atoms with van der Waals surface area (Å²) in [5.74, 6) is -0.0103. The number of rotatable bonds is 4. The maximum Gasteiger partial charge on any atom is 0.344 e. The van der Waals surface area contributed by atoms with Crippen molar-refractivity contribution in [2.24, 2.45) is 0 Å². The van der Waals surface area contributed by atoms with E-state index in [1.165, 1.54) is 0 Å². The first kappa shape index (κ1) is 12.9. The molecule has 100 valence electrons. The number of nitrogens with zero attached hydrogens (tertiary/aromatic N) is 2. The molecule has 0 bridgehead atoms. The summed E-state index contributed by atoms with van der Waals surface area (Å²) >= 11 is 0. The average molecular weight is 263 g/mol. The standard InChI is InChI=1S/C12H13N3O4/c1-19-9-5-3-2-4-8(9)6-7-15-12(18)13-10(16)11(17)14-15/h2-5H,6-7H2,1H3,(H,14,17)(H,13,16,18). The highest BCUT2D eigenvalue weighted by Crippen LogP contribution is 2.17. The van der Waals surface area contributed by atoms with E-state index in [0.717, 1.165) is 10.2 Å². The number of aromatic nitrogens is 3. The number of aromatic amines is 1. The van der Waals surface area contributed by atoms with Crippen LogP contribution in [0.3, 0.4) is 0 Å². The second kappa shape index (κ2) is 5.38. The van der Waals surface area contributed by atoms with Crippen LogP contribution in [0, 0.1) is 0 Å². The number of H-pyrrole nitrogens is 1. The van der Waals surface area contributed by atoms with Crippen molar-refractivity contribution in [1.82, 2.24) is 14.8 Å². The van der Waals surface area contributed by atoms with E-state index in [1.54, 1.807) is 7.11 Å². The zero-order valence-electron chi connectivity index (χ0n) is 10.3. The number of aryl methyl sites for hydroxylation is 2. The van der Waals surface area contributed by atoms with Gasteiger partial charge >= 0.3 is 11.2 Å². The summed E-state index contributed by atoms with van der Waals surface area (Å²) in [6, 6.07) is 7.39. The van der Waals surface area contributed by atoms with Crippen molar-refractivity contribution in [3.63, 3.8) is 0 Å². The van der Waals surface area contributed by atoms with Gasteiger partial charge in [-0.15, -0.1) is 5.10 Å². The van der Waals surface area contributed by atoms with Crippen molar-refractivity contribution in [1.29, 1.82) is 0 Å². The number of para-hydroxylation sites is 1. The van der Waals surface area contributed by atoms with Crippen LogP contribution in [0.5, 0.6) is 11.6 Å². The monoisotopic (exact) mass is 263 g/mol. The Morgan fingerprint density at radius 2 is 2.11 bits per heavy atom. The van der Waals surface area contributed by atoms with E-state index in [9.17, 15) is 14.7 Å². The molecule has 0 aliphatic rings. The SMILES string of the molecule is COc1ccccc1CCn1nc(O)c(=O)[nH]c1=O. The lowest BCUT2D eigenvalue weighted by molar-refractivity contribution is 0.395. The topological polar surface area (TPSA) is 97.2 Å². The first-order valence-electron chi connectivity index (χ1n) is 5.64. The Morgan fingerprint density at radius 1 is 1.37 bits per heavy atom. The first-order valence-corrected chi connectivity index (χ1v) is 5.64. The van der Waals surface area contributed by atoms with Crippen LogP contribution in [0.25, 0.3) is 0 Å². The molecule has 7 heteroatoms. The highest BCUT2D eigenvalue weighted by Gasteiger charge is 2.06. The molecule has 0 aliphatic carbocycles. The third kappa shape index (κ3) is 2.82. The second-order valence-electron chi connectivity index (χ2n) is 3.87. The third-order valence-corrected chi connectivity index (χ3v) is 2.66. The van der Waals surface area contributed by atoms with Gasteiger partial charge in [0.15, 0.2) is 0 Å². The largest absolute Gasteiger partial charge is 0.496 e. The summed E-state index contributed by atoms with van der Waals surface area (Å²) in [5, 5.41) is 12.7. The van der Waals surface area contributed by atoms with E-state index >= 15 is 0 Å². The maximum absolute atomic E-state index is 11.5. The van der Waals surface area contributed by atoms with Gasteiger partial charge in [-0.3, -0.25) is 9.78 Å². The van der Waals surface area contributed by atoms with E-state index in [2.05, 4.69) is 5.10 Å². The van der Waals surface area contributed by atoms with Crippen LogP contribution in [-0.4, -0.2) is 27.0 Å². The molecule has 1 heterocycles. The fraction of sp³-hybridized carbons (Fsp3) is 0.250. The average Bonchev–Trinajstić information content (AvgIpc) is 2.41. The highest BCUT2D eigenvalue weighted by atomic mass is 16.5. The van der Waals surface area contributed by atoms with E-state index in [1.807, 2.05) is 29.2 Å². The van der Waals surface area contributed by atoms with Gasteiger partial charge in [-0.25, -0.2) is 9.48 Å². The van der Waals surface area contributed by atoms with Crippen LogP contribution in [0.1, 0.15) is 5.56 Å². The van der Waals surface area contributed by atoms with Crippen LogP contribution in [0.2, 0.25) is 0 Å². The Balaban J connectivity index is 2.21. The molecule has 0 atom stereocenters. The maximum atomic E-state index is 11.5. The van der Waals surface area contributed by atoms with Crippen LogP contribution in [0.15, 0.2) is 33.9 Å². The molecule has 0 fully saturated rings. The minimum absolute atomic E-state index is 0.226. The van der Waals surface area contributed by atoms with Crippen molar-refractivity contribution >= 4 is 0 Å². The molecule has 0 saturated carbocycles. The zero-order chi connectivity index (χ0) is 13.8. The quantitative estimate of drug-likeness (QED) is 0.802. The molecule has 19 heavy (non-hydrogen) atoms. The van der Waals surface area contributed by atoms with Gasteiger partial charge in [0.05, 0.1) is 13.7 Å². The number of methoxy groups -OCH3 is 1. The molecule has 0 radical (unpaired) electrons. The Bertz CT molecular complexity index is 690. The fourth-order valence-corrected chi connectivity index (χ4v) is 1.71. The molecule has 0 saturated heterocycles. The van der Waals surface area contributed by atoms with Gasteiger partial charge < -0.3 is 9.84 Å². The molecule has 1 aromatic carbocycles. The van der Waals surface area contributed by atoms with E-state index in [0.29, 0.717) is 12.2 Å². The normalized spacial score (nSPS) is 10.4. The number of hydrogen-bond donors (Lipinski definition) is 2. The minimum atomic E-state index is -0.890. The van der Waals surface area contributed by atoms with Crippen molar-refractivity contribution in [2.75, 3.05) is 7.11 Å². The number of benzene rings is 1. The predicted molar refractivity (Wildman–Crippen MR) is 67.5 cm³/mol. The Kier molecular flexibility index (Phi) is 3.65. The highest BCUT2D eigenvalue weighted by molar-refractivity contribution is 5.33. The molecule has 0 spiro atoms. The Morgan fingerprint density at radius 3 is 2.84 bits per heavy atom. The molecule has 2 aromatic rings. The van der Waals surface area contributed by atoms with Crippen LogP contribution < -0.4 is 16.0 Å². The number of aromatic hydroxyl groups is 1. The molecular formula is C12H13N3O4. The van der Waals surface area contributed by atoms with Crippen LogP contribution >= 0.6 is 0 Å². The second-order valence-corrected chi connectivity index (χ2v) is 3.87. The van der Waals surface area contributed by atoms with Gasteiger partial charge in [0.1, 0.15) is 5.75 Å². The van der Waals surface area contributed by atoms with E-state index < -0.39 is 17.1 Å². The number of ether oxygens (including phenoxy) is 1. The van der Waals surface area contributed by atoms with Crippen molar-refractivity contribution in [3.8, 4) is 11.6 Å². The van der Waals surface area contributed by atoms with E-state index in [-0.39, 0.29) is 6.54 Å². The van der Waals surface area contributed by atoms with Gasteiger partial charge in [0.25, 0.3) is 5.88 Å². The third-order valence-electron chi connectivity index (χ3n) is 2.66. The van der Waals surface area contributed by atoms with Gasteiger partial charge in [-0.2, -0.15) is 0 Å². The van der Waals surface area contributed by atoms with Gasteiger partial charge in [0.2, 0.25) is 0 Å². The lowest BCUT2D eigenvalue weighted by Crippen LogP contribution is -2.32. The van der Waals surface area contributed by atoms with Crippen LogP contribution in [0.4, 0.5) is 0 Å². The van der Waals surface area contributed by atoms with Crippen molar-refractivity contribution in [3.05, 3.63) is 50.7 Å². The fourth-order valence-electron chi connectivity index (χ4n) is 1.71. The Hall–Kier alpha value is -2.57. The number of nitrogens with one attached hydrogen (secondary N) is 1. The summed E-state index contributed by atoms with van der Waals surface area (Å²) in [5.41, 5.74) is -0.638. The van der Waals surface area contributed by atoms with Crippen molar-refractivity contribution < 1.29 is 9.84 Å². The summed E-state index contributed by atoms with van der Waals surface area (Å²) in [6.07, 6.45) is 0.488. The zero-order valence-corrected chi connectivity index (χ0v) is 10.3. The minimum Gasteiger partial charge on any atom is -0.496 e. The van der Waals surface area contributed by atoms with Crippen molar-refractivity contribution in [2.45, 2.75) is 13.0 Å². The molecule has 1 aromatic heterocycles. The molecule has 2 rings (SSSR count). The summed E-state index contributed by atoms with van der Waals surface area (Å²) in [6.45, 7) is 0.226. The summed E-state index contributed by atoms with van der Waals surface area (Å²) in [7, 11) is 1.56.